The number of carbonyl (C=O) groups excluding carboxylic acids is 2. The van der Waals surface area contributed by atoms with E-state index >= 15 is 0 Å². The van der Waals surface area contributed by atoms with E-state index in [2.05, 4.69) is 30.3 Å². The minimum atomic E-state index is -4.80. The molecule has 40 heavy (non-hydrogen) atoms. The number of imidazole rings is 1. The summed E-state index contributed by atoms with van der Waals surface area (Å²) in [5.74, 6) is -1.07. The fourth-order valence-corrected chi connectivity index (χ4v) is 5.49. The maximum Gasteiger partial charge on any atom is 0.573 e. The summed E-state index contributed by atoms with van der Waals surface area (Å²) >= 11 is 1.14. The van der Waals surface area contributed by atoms with Crippen molar-refractivity contribution in [1.82, 2.24) is 20.3 Å². The number of nitrogens with one attached hydrogen (secondary N) is 4. The van der Waals surface area contributed by atoms with Crippen molar-refractivity contribution in [2.75, 3.05) is 25.0 Å². The Balaban J connectivity index is 0.00000323. The molecule has 210 valence electrons. The minimum absolute atomic E-state index is 0. The zero-order valence-corrected chi connectivity index (χ0v) is 22.2. The number of nitrogens with zero attached hydrogens (tertiary/aromatic N) is 1. The molecule has 1 unspecified atom stereocenters. The second-order valence-electron chi connectivity index (χ2n) is 8.72. The van der Waals surface area contributed by atoms with Crippen molar-refractivity contribution >= 4 is 52.6 Å². The lowest BCUT2D eigenvalue weighted by atomic mass is 9.82. The van der Waals surface area contributed by atoms with Gasteiger partial charge < -0.3 is 34.5 Å². The lowest BCUT2D eigenvalue weighted by molar-refractivity contribution is -0.274. The van der Waals surface area contributed by atoms with E-state index in [4.69, 9.17) is 9.15 Å². The van der Waals surface area contributed by atoms with Gasteiger partial charge in [-0.25, -0.2) is 9.78 Å². The van der Waals surface area contributed by atoms with Gasteiger partial charge in [-0.05, 0) is 43.0 Å². The van der Waals surface area contributed by atoms with Crippen LogP contribution in [0.1, 0.15) is 34.7 Å². The van der Waals surface area contributed by atoms with Crippen molar-refractivity contribution in [3.8, 4) is 5.75 Å². The molecule has 0 amide bonds. The number of anilines is 1. The fourth-order valence-electron chi connectivity index (χ4n) is 4.72. The molecule has 1 atom stereocenters. The van der Waals surface area contributed by atoms with Crippen LogP contribution in [-0.2, 0) is 9.53 Å². The summed E-state index contributed by atoms with van der Waals surface area (Å²) < 4.78 is 53.0. The highest BCUT2D eigenvalue weighted by Crippen LogP contribution is 2.45. The summed E-state index contributed by atoms with van der Waals surface area (Å²) in [6, 6.07) is 7.29. The number of halogens is 4. The van der Waals surface area contributed by atoms with Crippen LogP contribution in [0.4, 0.5) is 18.9 Å². The molecule has 0 saturated carbocycles. The van der Waals surface area contributed by atoms with Gasteiger partial charge in [-0.1, -0.05) is 0 Å². The van der Waals surface area contributed by atoms with Crippen molar-refractivity contribution in [3.63, 3.8) is 0 Å². The van der Waals surface area contributed by atoms with Crippen LogP contribution in [0.5, 0.6) is 5.75 Å². The Morgan fingerprint density at radius 1 is 1.23 bits per heavy atom. The number of aromatic nitrogens is 3. The molecule has 2 aliphatic rings. The number of alkyl halides is 3. The number of hydrogen-bond acceptors (Lipinski definition) is 9. The molecule has 10 nitrogen and oxygen atoms in total. The van der Waals surface area contributed by atoms with Crippen LogP contribution < -0.4 is 15.4 Å². The Morgan fingerprint density at radius 2 is 2.05 bits per heavy atom. The summed E-state index contributed by atoms with van der Waals surface area (Å²) in [7, 11) is 0. The molecule has 0 fully saturated rings. The van der Waals surface area contributed by atoms with Crippen LogP contribution in [-0.4, -0.2) is 52.8 Å². The summed E-state index contributed by atoms with van der Waals surface area (Å²) in [5, 5.41) is 7.11. The summed E-state index contributed by atoms with van der Waals surface area (Å²) in [4.78, 5) is 35.8. The minimum Gasteiger partial charge on any atom is -0.461 e. The number of esters is 1. The maximum atomic E-state index is 13.0. The molecule has 0 radical (unpaired) electrons. The highest BCUT2D eigenvalue weighted by atomic mass is 35.5. The molecular weight excluding hydrogens is 575 g/mol. The molecular formula is C25H21ClF3N5O5S. The number of ketones is 1. The molecule has 0 saturated heterocycles. The third-order valence-corrected chi connectivity index (χ3v) is 7.04. The van der Waals surface area contributed by atoms with E-state index in [-0.39, 0.29) is 42.8 Å². The molecule has 2 aliphatic heterocycles. The molecule has 3 aromatic heterocycles. The standard InChI is InChI=1S/C25H20F3N5O5S.ClH/c1-2-36-23(35)22-21-12(8-30-22)19(20-15(31-21)9-29-10-16(20)34)17-5-6-18(37-17)39-24-32-13-4-3-11(7-14(13)33-24)38-25(26,27)28;/h3-8,19,29-31H,2,9-10H2,1H3,(H,32,33);1H. The second-order valence-corrected chi connectivity index (χ2v) is 9.71. The van der Waals surface area contributed by atoms with Gasteiger partial charge in [-0.15, -0.1) is 25.6 Å². The summed E-state index contributed by atoms with van der Waals surface area (Å²) in [6.45, 7) is 2.50. The van der Waals surface area contributed by atoms with Crippen LogP contribution in [0.25, 0.3) is 11.0 Å². The van der Waals surface area contributed by atoms with E-state index in [1.54, 1.807) is 25.3 Å². The molecule has 15 heteroatoms. The van der Waals surface area contributed by atoms with E-state index < -0.39 is 18.2 Å². The number of hydrogen-bond donors (Lipinski definition) is 4. The Kier molecular flexibility index (Phi) is 7.33. The van der Waals surface area contributed by atoms with E-state index in [0.717, 1.165) is 11.8 Å². The molecule has 0 bridgehead atoms. The fraction of sp³-hybridized carbons (Fsp3) is 0.240. The molecule has 4 N–H and O–H groups in total. The predicted octanol–water partition coefficient (Wildman–Crippen LogP) is 5.12. The maximum absolute atomic E-state index is 13.0. The van der Waals surface area contributed by atoms with E-state index in [9.17, 15) is 22.8 Å². The lowest BCUT2D eigenvalue weighted by Crippen LogP contribution is -2.39. The molecule has 5 heterocycles. The number of aromatic amines is 2. The van der Waals surface area contributed by atoms with Gasteiger partial charge in [0.2, 0.25) is 0 Å². The number of ether oxygens (including phenoxy) is 2. The highest BCUT2D eigenvalue weighted by Gasteiger charge is 2.39. The molecule has 4 aromatic rings. The average Bonchev–Trinajstić information content (AvgIpc) is 3.60. The van der Waals surface area contributed by atoms with Crippen LogP contribution in [0.15, 0.2) is 62.5 Å². The van der Waals surface area contributed by atoms with Gasteiger partial charge in [0.05, 0.1) is 35.8 Å². The first kappa shape index (κ1) is 27.7. The van der Waals surface area contributed by atoms with Gasteiger partial charge in [0.15, 0.2) is 16.0 Å². The number of benzene rings is 1. The average molecular weight is 596 g/mol. The van der Waals surface area contributed by atoms with Gasteiger partial charge in [0, 0.05) is 35.6 Å². The van der Waals surface area contributed by atoms with Crippen molar-refractivity contribution in [2.24, 2.45) is 0 Å². The van der Waals surface area contributed by atoms with Gasteiger partial charge in [-0.2, -0.15) is 0 Å². The van der Waals surface area contributed by atoms with Gasteiger partial charge in [0.1, 0.15) is 17.2 Å². The monoisotopic (exact) mass is 595 g/mol. The zero-order valence-electron chi connectivity index (χ0n) is 20.6. The third-order valence-electron chi connectivity index (χ3n) is 6.23. The van der Waals surface area contributed by atoms with Crippen molar-refractivity contribution in [2.45, 2.75) is 29.5 Å². The van der Waals surface area contributed by atoms with E-state index in [0.29, 0.717) is 56.1 Å². The molecule has 0 aliphatic carbocycles. The van der Waals surface area contributed by atoms with Crippen LogP contribution in [0.3, 0.4) is 0 Å². The Hall–Kier alpha value is -3.88. The predicted molar refractivity (Wildman–Crippen MR) is 140 cm³/mol. The van der Waals surface area contributed by atoms with Gasteiger partial charge in [0.25, 0.3) is 0 Å². The SMILES string of the molecule is CCOC(=O)c1[nH]cc2c1NC1=C(C(=O)CNC1)C2c1ccc(Sc2nc3ccc(OC(F)(F)F)cc3[nH]2)o1.Cl. The van der Waals surface area contributed by atoms with Crippen LogP contribution in [0, 0.1) is 0 Å². The van der Waals surface area contributed by atoms with Crippen LogP contribution in [0.2, 0.25) is 0 Å². The number of fused-ring (bicyclic) bond motifs is 2. The highest BCUT2D eigenvalue weighted by molar-refractivity contribution is 7.99. The Bertz CT molecular complexity index is 1640. The summed E-state index contributed by atoms with van der Waals surface area (Å²) in [5.41, 5.74) is 3.45. The lowest BCUT2D eigenvalue weighted by Gasteiger charge is -2.31. The summed E-state index contributed by atoms with van der Waals surface area (Å²) in [6.07, 6.45) is -3.14. The van der Waals surface area contributed by atoms with Gasteiger partial charge in [-0.3, -0.25) is 4.79 Å². The third kappa shape index (κ3) is 5.17. The van der Waals surface area contributed by atoms with Crippen LogP contribution >= 0.6 is 24.2 Å². The Labute approximate surface area is 234 Å². The molecule has 0 spiro atoms. The first-order valence-electron chi connectivity index (χ1n) is 11.9. The second kappa shape index (κ2) is 10.6. The smallest absolute Gasteiger partial charge is 0.461 e. The zero-order chi connectivity index (χ0) is 27.3. The number of carbonyl (C=O) groups is 2. The first-order chi connectivity index (χ1) is 18.7. The Morgan fingerprint density at radius 3 is 2.83 bits per heavy atom. The number of H-pyrrole nitrogens is 2. The van der Waals surface area contributed by atoms with Crippen molar-refractivity contribution < 1.29 is 36.7 Å². The first-order valence-corrected chi connectivity index (χ1v) is 12.7. The number of furan rings is 1. The van der Waals surface area contributed by atoms with Crippen molar-refractivity contribution in [3.05, 3.63) is 64.8 Å². The largest absolute Gasteiger partial charge is 0.573 e. The van der Waals surface area contributed by atoms with Crippen molar-refractivity contribution in [1.29, 1.82) is 0 Å². The number of Topliss-reactive ketones (excluding diaryl/α,β-unsaturated/α-hetero) is 1. The topological polar surface area (TPSA) is 134 Å². The van der Waals surface area contributed by atoms with Gasteiger partial charge >= 0.3 is 12.3 Å². The molecule has 1 aromatic carbocycles. The quantitative estimate of drug-likeness (QED) is 0.224. The molecule has 6 rings (SSSR count). The van der Waals surface area contributed by atoms with E-state index in [1.165, 1.54) is 18.2 Å². The van der Waals surface area contributed by atoms with E-state index in [1.807, 2.05) is 0 Å². The number of rotatable bonds is 6. The normalized spacial score (nSPS) is 16.7.